The maximum absolute atomic E-state index is 12.5. The van der Waals surface area contributed by atoms with E-state index in [1.165, 1.54) is 17.2 Å². The van der Waals surface area contributed by atoms with Crippen LogP contribution in [0.2, 0.25) is 0 Å². The van der Waals surface area contributed by atoms with Crippen LogP contribution in [0.25, 0.3) is 11.2 Å². The molecule has 0 saturated carbocycles. The largest absolute Gasteiger partial charge is 0.488 e. The Morgan fingerprint density at radius 1 is 0.976 bits per heavy atom. The highest BCUT2D eigenvalue weighted by Gasteiger charge is 2.54. The molecule has 3 aromatic rings. The highest BCUT2D eigenvalue weighted by Crippen LogP contribution is 2.67. The fraction of sp³-hybridized carbons (Fsp3) is 0.400. The van der Waals surface area contributed by atoms with Gasteiger partial charge in [0.15, 0.2) is 24.0 Å². The SMILES string of the molecule is Nc1ncnc2c1ncn2[C@@H]1O[C@H](COP(=O)(O)OP(=O)(O)OP(=O)(O)CC(=O)O)[C@@H]2OC(Cc3ccccc3)OC21. The van der Waals surface area contributed by atoms with Gasteiger partial charge in [0.2, 0.25) is 0 Å². The average molecular weight is 651 g/mol. The minimum Gasteiger partial charge on any atom is -0.481 e. The van der Waals surface area contributed by atoms with Crippen molar-refractivity contribution in [3.05, 3.63) is 48.5 Å². The molecule has 0 aliphatic carbocycles. The first-order valence-corrected chi connectivity index (χ1v) is 16.7. The van der Waals surface area contributed by atoms with Crippen LogP contribution in [0, 0.1) is 0 Å². The number of phosphoric acid groups is 2. The van der Waals surface area contributed by atoms with Gasteiger partial charge in [-0.3, -0.25) is 18.5 Å². The number of aliphatic carboxylic acids is 1. The molecule has 0 bridgehead atoms. The number of carboxylic acid groups (broad SMARTS) is 1. The molecular weight excluding hydrogens is 627 g/mol. The lowest BCUT2D eigenvalue weighted by atomic mass is 10.1. The standard InChI is InChI=1S/C20H24N5O14P3/c21-18-15-19(23-9-22-18)25(10-24-15)20-17-16(36-14(37-17)6-11-4-2-1-3-5-11)12(35-20)7-34-41(30,31)39-42(32,33)38-40(28,29)8-13(26)27/h1-5,9-10,12,14,16-17,20H,6-8H2,(H,26,27)(H,28,29)(H,30,31)(H,32,33)(H2,21,22,23)/t12-,14?,16+,17?,20-/m1/s1. The van der Waals surface area contributed by atoms with Gasteiger partial charge >= 0.3 is 29.2 Å². The summed E-state index contributed by atoms with van der Waals surface area (Å²) in [4.78, 5) is 52.1. The van der Waals surface area contributed by atoms with E-state index in [1.807, 2.05) is 30.3 Å². The second kappa shape index (κ2) is 11.8. The lowest BCUT2D eigenvalue weighted by Gasteiger charge is -2.22. The van der Waals surface area contributed by atoms with Crippen LogP contribution in [0.3, 0.4) is 0 Å². The number of hydrogen-bond acceptors (Lipinski definition) is 14. The van der Waals surface area contributed by atoms with Crippen molar-refractivity contribution in [1.82, 2.24) is 19.5 Å². The lowest BCUT2D eigenvalue weighted by Crippen LogP contribution is -2.31. The predicted octanol–water partition coefficient (Wildman–Crippen LogP) is 1.18. The second-order valence-corrected chi connectivity index (χ2v) is 14.1. The number of benzene rings is 1. The monoisotopic (exact) mass is 651 g/mol. The number of rotatable bonds is 12. The number of carboxylic acids is 1. The number of ether oxygens (including phenoxy) is 3. The highest BCUT2D eigenvalue weighted by molar-refractivity contribution is 7.68. The summed E-state index contributed by atoms with van der Waals surface area (Å²) in [5, 5.41) is 8.61. The zero-order chi connectivity index (χ0) is 30.3. The van der Waals surface area contributed by atoms with E-state index >= 15 is 0 Å². The Kier molecular flexibility index (Phi) is 8.66. The van der Waals surface area contributed by atoms with Crippen LogP contribution in [0.15, 0.2) is 43.0 Å². The van der Waals surface area contributed by atoms with Crippen LogP contribution in [-0.2, 0) is 52.3 Å². The topological polar surface area (TPSA) is 274 Å². The molecular formula is C20H24N5O14P3. The Balaban J connectivity index is 1.32. The van der Waals surface area contributed by atoms with Crippen molar-refractivity contribution in [3.63, 3.8) is 0 Å². The van der Waals surface area contributed by atoms with Gasteiger partial charge in [-0.05, 0) is 5.56 Å². The third kappa shape index (κ3) is 7.11. The third-order valence-electron chi connectivity index (χ3n) is 5.98. The molecule has 5 unspecified atom stereocenters. The zero-order valence-corrected chi connectivity index (χ0v) is 23.8. The maximum Gasteiger partial charge on any atom is 0.488 e. The van der Waals surface area contributed by atoms with Gasteiger partial charge in [-0.25, -0.2) is 28.4 Å². The van der Waals surface area contributed by atoms with Crippen molar-refractivity contribution in [1.29, 1.82) is 0 Å². The Hall–Kier alpha value is -2.63. The molecule has 42 heavy (non-hydrogen) atoms. The van der Waals surface area contributed by atoms with Crippen molar-refractivity contribution in [2.45, 2.75) is 37.3 Å². The number of hydrogen-bond donors (Lipinski definition) is 5. The van der Waals surface area contributed by atoms with Gasteiger partial charge in [-0.2, -0.15) is 4.31 Å². The van der Waals surface area contributed by atoms with Crippen molar-refractivity contribution in [2.24, 2.45) is 0 Å². The van der Waals surface area contributed by atoms with E-state index in [0.717, 1.165) is 5.56 Å². The van der Waals surface area contributed by atoms with Crippen LogP contribution in [0.5, 0.6) is 0 Å². The van der Waals surface area contributed by atoms with E-state index in [-0.39, 0.29) is 11.3 Å². The summed E-state index contributed by atoms with van der Waals surface area (Å²) in [6.45, 7) is -0.761. The first-order valence-electron chi connectivity index (χ1n) is 11.9. The Morgan fingerprint density at radius 2 is 1.69 bits per heavy atom. The fourth-order valence-corrected chi connectivity index (χ4v) is 8.23. The summed E-state index contributed by atoms with van der Waals surface area (Å²) in [5.41, 5.74) is 7.37. The van der Waals surface area contributed by atoms with Gasteiger partial charge in [-0.15, -0.1) is 0 Å². The van der Waals surface area contributed by atoms with Gasteiger partial charge in [-0.1, -0.05) is 30.3 Å². The minimum absolute atomic E-state index is 0.114. The second-order valence-electron chi connectivity index (χ2n) is 9.05. The molecule has 8 atom stereocenters. The van der Waals surface area contributed by atoms with Crippen molar-refractivity contribution in [3.8, 4) is 0 Å². The van der Waals surface area contributed by atoms with Crippen molar-refractivity contribution >= 4 is 46.2 Å². The number of carbonyl (C=O) groups is 1. The predicted molar refractivity (Wildman–Crippen MR) is 137 cm³/mol. The summed E-state index contributed by atoms with van der Waals surface area (Å²) in [6, 6.07) is 9.27. The van der Waals surface area contributed by atoms with Crippen LogP contribution < -0.4 is 5.73 Å². The number of phosphoric ester groups is 1. The summed E-state index contributed by atoms with van der Waals surface area (Å²) in [5.74, 6) is -1.72. The van der Waals surface area contributed by atoms with Gasteiger partial charge in [0.05, 0.1) is 12.9 Å². The molecule has 228 valence electrons. The molecule has 0 radical (unpaired) electrons. The molecule has 0 amide bonds. The van der Waals surface area contributed by atoms with Crippen LogP contribution in [-0.4, -0.2) is 82.6 Å². The summed E-state index contributed by atoms with van der Waals surface area (Å²) >= 11 is 0. The normalized spacial score (nSPS) is 28.1. The highest BCUT2D eigenvalue weighted by atomic mass is 31.3. The quantitative estimate of drug-likeness (QED) is 0.172. The molecule has 0 spiro atoms. The smallest absolute Gasteiger partial charge is 0.481 e. The summed E-state index contributed by atoms with van der Waals surface area (Å²) in [6.07, 6.45) is -3.17. The molecule has 2 saturated heterocycles. The van der Waals surface area contributed by atoms with E-state index in [0.29, 0.717) is 12.1 Å². The van der Waals surface area contributed by atoms with E-state index < -0.39 is 72.8 Å². The van der Waals surface area contributed by atoms with Crippen LogP contribution in [0.1, 0.15) is 11.8 Å². The molecule has 1 aromatic carbocycles. The van der Waals surface area contributed by atoms with Gasteiger partial charge < -0.3 is 39.7 Å². The van der Waals surface area contributed by atoms with Gasteiger partial charge in [0, 0.05) is 6.42 Å². The van der Waals surface area contributed by atoms with Gasteiger partial charge in [0.1, 0.15) is 36.3 Å². The molecule has 22 heteroatoms. The van der Waals surface area contributed by atoms with E-state index in [9.17, 15) is 33.2 Å². The Labute approximate surface area is 235 Å². The first-order chi connectivity index (χ1) is 19.7. The van der Waals surface area contributed by atoms with Gasteiger partial charge in [0.25, 0.3) is 0 Å². The first kappa shape index (κ1) is 30.8. The number of aromatic nitrogens is 4. The van der Waals surface area contributed by atoms with Crippen molar-refractivity contribution in [2.75, 3.05) is 18.5 Å². The number of imidazole rings is 1. The Bertz CT molecular complexity index is 1610. The maximum atomic E-state index is 12.5. The molecule has 2 fully saturated rings. The number of nitrogen functional groups attached to an aromatic ring is 1. The molecule has 2 aromatic heterocycles. The molecule has 2 aliphatic rings. The fourth-order valence-electron chi connectivity index (χ4n) is 4.41. The zero-order valence-electron chi connectivity index (χ0n) is 21.1. The molecule has 5 rings (SSSR count). The van der Waals surface area contributed by atoms with E-state index in [2.05, 4.69) is 23.6 Å². The van der Waals surface area contributed by atoms with E-state index in [1.54, 1.807) is 0 Å². The lowest BCUT2D eigenvalue weighted by molar-refractivity contribution is -0.149. The van der Waals surface area contributed by atoms with Crippen LogP contribution in [0.4, 0.5) is 5.82 Å². The number of anilines is 1. The molecule has 6 N–H and O–H groups in total. The summed E-state index contributed by atoms with van der Waals surface area (Å²) in [7, 11) is -16.4. The van der Waals surface area contributed by atoms with E-state index in [4.69, 9.17) is 29.6 Å². The number of nitrogens with zero attached hydrogens (tertiary/aromatic N) is 4. The van der Waals surface area contributed by atoms with Crippen LogP contribution >= 0.6 is 23.2 Å². The van der Waals surface area contributed by atoms with Crippen molar-refractivity contribution < 1.29 is 65.6 Å². The molecule has 4 heterocycles. The average Bonchev–Trinajstić information content (AvgIpc) is 3.55. The molecule has 2 aliphatic heterocycles. The Morgan fingerprint density at radius 3 is 2.40 bits per heavy atom. The third-order valence-corrected chi connectivity index (χ3v) is 10.6. The summed E-state index contributed by atoms with van der Waals surface area (Å²) < 4.78 is 68.7. The number of nitrogens with two attached hydrogens (primary N) is 1. The minimum atomic E-state index is -5.76. The number of fused-ring (bicyclic) bond motifs is 2. The molecule has 19 nitrogen and oxygen atoms in total.